The van der Waals surface area contributed by atoms with E-state index in [2.05, 4.69) is 10.3 Å². The van der Waals surface area contributed by atoms with Crippen LogP contribution in [0.3, 0.4) is 0 Å². The van der Waals surface area contributed by atoms with Crippen molar-refractivity contribution in [3.05, 3.63) is 11.1 Å². The zero-order valence-corrected chi connectivity index (χ0v) is 9.47. The molecule has 1 aliphatic rings. The highest BCUT2D eigenvalue weighted by atomic mass is 32.1. The average molecular weight is 226 g/mol. The molecule has 1 aliphatic heterocycles. The van der Waals surface area contributed by atoms with Gasteiger partial charge >= 0.3 is 0 Å². The molecule has 15 heavy (non-hydrogen) atoms. The van der Waals surface area contributed by atoms with Gasteiger partial charge in [-0.2, -0.15) is 0 Å². The minimum absolute atomic E-state index is 0.00347. The number of hydrogen-bond acceptors (Lipinski definition) is 4. The van der Waals surface area contributed by atoms with E-state index in [1.54, 1.807) is 0 Å². The van der Waals surface area contributed by atoms with Gasteiger partial charge in [0.2, 0.25) is 5.91 Å². The maximum Gasteiger partial charge on any atom is 0.228 e. The highest BCUT2D eigenvalue weighted by Gasteiger charge is 2.19. The molecule has 0 saturated carbocycles. The van der Waals surface area contributed by atoms with Crippen LogP contribution in [0.25, 0.3) is 0 Å². The maximum absolute atomic E-state index is 11.6. The van der Waals surface area contributed by atoms with E-state index in [1.807, 2.05) is 12.3 Å². The minimum atomic E-state index is -0.00347. The van der Waals surface area contributed by atoms with Crippen LogP contribution < -0.4 is 5.32 Å². The molecule has 1 fully saturated rings. The Kier molecular flexibility index (Phi) is 3.33. The molecule has 1 aromatic rings. The summed E-state index contributed by atoms with van der Waals surface area (Å²) in [5.74, 6) is -0.00347. The molecular weight excluding hydrogens is 212 g/mol. The summed E-state index contributed by atoms with van der Waals surface area (Å²) in [6.45, 7) is 2.69. The van der Waals surface area contributed by atoms with Gasteiger partial charge in [0, 0.05) is 12.0 Å². The fourth-order valence-corrected chi connectivity index (χ4v) is 2.30. The zero-order chi connectivity index (χ0) is 10.7. The first-order valence-electron chi connectivity index (χ1n) is 5.07. The number of ether oxygens (including phenoxy) is 1. The van der Waals surface area contributed by atoms with Crippen molar-refractivity contribution in [2.75, 3.05) is 11.9 Å². The molecule has 1 aromatic heterocycles. The van der Waals surface area contributed by atoms with Gasteiger partial charge in [-0.15, -0.1) is 11.3 Å². The summed E-state index contributed by atoms with van der Waals surface area (Å²) in [6, 6.07) is 0. The van der Waals surface area contributed by atoms with Gasteiger partial charge in [0.25, 0.3) is 0 Å². The summed E-state index contributed by atoms with van der Waals surface area (Å²) < 4.78 is 5.39. The third-order valence-electron chi connectivity index (χ3n) is 2.30. The van der Waals surface area contributed by atoms with Crippen molar-refractivity contribution in [1.29, 1.82) is 0 Å². The van der Waals surface area contributed by atoms with E-state index in [0.717, 1.165) is 25.1 Å². The van der Waals surface area contributed by atoms with E-state index in [9.17, 15) is 4.79 Å². The van der Waals surface area contributed by atoms with Gasteiger partial charge in [-0.1, -0.05) is 0 Å². The summed E-state index contributed by atoms with van der Waals surface area (Å²) in [4.78, 5) is 15.7. The number of hydrogen-bond donors (Lipinski definition) is 1. The standard InChI is InChI=1S/C10H14N2O2S/c1-7-6-15-10(11-7)12-9(13)5-8-3-2-4-14-8/h6,8H,2-5H2,1H3,(H,11,12,13). The zero-order valence-electron chi connectivity index (χ0n) is 8.66. The Balaban J connectivity index is 1.81. The third-order valence-corrected chi connectivity index (χ3v) is 3.18. The number of nitrogens with zero attached hydrogens (tertiary/aromatic N) is 1. The molecule has 0 spiro atoms. The first-order valence-corrected chi connectivity index (χ1v) is 5.95. The number of anilines is 1. The number of aromatic nitrogens is 1. The summed E-state index contributed by atoms with van der Waals surface area (Å²) >= 11 is 1.45. The molecule has 1 atom stereocenters. The van der Waals surface area contributed by atoms with Crippen molar-refractivity contribution in [3.8, 4) is 0 Å². The molecule has 1 amide bonds. The predicted molar refractivity (Wildman–Crippen MR) is 59.1 cm³/mol. The van der Waals surface area contributed by atoms with Crippen LogP contribution in [0.4, 0.5) is 5.13 Å². The van der Waals surface area contributed by atoms with Crippen LogP contribution in [0.15, 0.2) is 5.38 Å². The van der Waals surface area contributed by atoms with Crippen LogP contribution in [0.5, 0.6) is 0 Å². The van der Waals surface area contributed by atoms with E-state index >= 15 is 0 Å². The predicted octanol–water partition coefficient (Wildman–Crippen LogP) is 1.96. The van der Waals surface area contributed by atoms with Crippen molar-refractivity contribution in [3.63, 3.8) is 0 Å². The molecule has 2 heterocycles. The molecule has 0 aliphatic carbocycles. The van der Waals surface area contributed by atoms with Crippen LogP contribution in [-0.4, -0.2) is 23.6 Å². The number of carbonyl (C=O) groups excluding carboxylic acids is 1. The van der Waals surface area contributed by atoms with Gasteiger partial charge in [-0.25, -0.2) is 4.98 Å². The largest absolute Gasteiger partial charge is 0.378 e. The molecule has 1 saturated heterocycles. The normalized spacial score (nSPS) is 20.5. The van der Waals surface area contributed by atoms with E-state index < -0.39 is 0 Å². The highest BCUT2D eigenvalue weighted by molar-refractivity contribution is 7.13. The molecule has 0 radical (unpaired) electrons. The van der Waals surface area contributed by atoms with Crippen LogP contribution in [0.1, 0.15) is 25.0 Å². The topological polar surface area (TPSA) is 51.2 Å². The number of nitrogens with one attached hydrogen (secondary N) is 1. The van der Waals surface area contributed by atoms with Gasteiger partial charge in [0.1, 0.15) is 0 Å². The lowest BCUT2D eigenvalue weighted by atomic mass is 10.2. The number of amides is 1. The summed E-state index contributed by atoms with van der Waals surface area (Å²) in [7, 11) is 0. The van der Waals surface area contributed by atoms with Crippen molar-refractivity contribution in [1.82, 2.24) is 4.98 Å². The molecule has 0 bridgehead atoms. The third kappa shape index (κ3) is 3.00. The first-order chi connectivity index (χ1) is 7.24. The van der Waals surface area contributed by atoms with Gasteiger partial charge in [0.05, 0.1) is 18.2 Å². The van der Waals surface area contributed by atoms with Crippen LogP contribution in [0.2, 0.25) is 0 Å². The molecule has 1 N–H and O–H groups in total. The Morgan fingerprint density at radius 1 is 1.80 bits per heavy atom. The summed E-state index contributed by atoms with van der Waals surface area (Å²) in [5, 5.41) is 5.37. The monoisotopic (exact) mass is 226 g/mol. The van der Waals surface area contributed by atoms with E-state index in [1.165, 1.54) is 11.3 Å². The second-order valence-electron chi connectivity index (χ2n) is 3.68. The molecule has 2 rings (SSSR count). The molecule has 4 nitrogen and oxygen atoms in total. The van der Waals surface area contributed by atoms with Crippen LogP contribution in [0, 0.1) is 6.92 Å². The quantitative estimate of drug-likeness (QED) is 0.857. The van der Waals surface area contributed by atoms with E-state index in [4.69, 9.17) is 4.74 Å². The fraction of sp³-hybridized carbons (Fsp3) is 0.600. The number of rotatable bonds is 3. The Morgan fingerprint density at radius 2 is 2.67 bits per heavy atom. The van der Waals surface area contributed by atoms with Gasteiger partial charge < -0.3 is 10.1 Å². The van der Waals surface area contributed by atoms with Crippen molar-refractivity contribution in [2.45, 2.75) is 32.3 Å². The minimum Gasteiger partial charge on any atom is -0.378 e. The number of aryl methyl sites for hydroxylation is 1. The van der Waals surface area contributed by atoms with Crippen molar-refractivity contribution in [2.24, 2.45) is 0 Å². The van der Waals surface area contributed by atoms with Crippen LogP contribution >= 0.6 is 11.3 Å². The lowest BCUT2D eigenvalue weighted by Crippen LogP contribution is -2.19. The second kappa shape index (κ2) is 4.72. The Labute approximate surface area is 92.7 Å². The van der Waals surface area contributed by atoms with E-state index in [-0.39, 0.29) is 12.0 Å². The van der Waals surface area contributed by atoms with Gasteiger partial charge in [-0.05, 0) is 19.8 Å². The number of thiazole rings is 1. The van der Waals surface area contributed by atoms with Crippen molar-refractivity contribution >= 4 is 22.4 Å². The van der Waals surface area contributed by atoms with Gasteiger partial charge in [-0.3, -0.25) is 4.79 Å². The maximum atomic E-state index is 11.6. The molecule has 82 valence electrons. The van der Waals surface area contributed by atoms with E-state index in [0.29, 0.717) is 11.6 Å². The Hall–Kier alpha value is -0.940. The summed E-state index contributed by atoms with van der Waals surface area (Å²) in [6.07, 6.45) is 2.60. The molecular formula is C10H14N2O2S. The first kappa shape index (κ1) is 10.6. The molecule has 0 aromatic carbocycles. The smallest absolute Gasteiger partial charge is 0.228 e. The fourth-order valence-electron chi connectivity index (χ4n) is 1.59. The summed E-state index contributed by atoms with van der Waals surface area (Å²) in [5.41, 5.74) is 0.937. The molecule has 1 unspecified atom stereocenters. The van der Waals surface area contributed by atoms with Crippen LogP contribution in [-0.2, 0) is 9.53 Å². The Bertz CT molecular complexity index is 345. The Morgan fingerprint density at radius 3 is 3.27 bits per heavy atom. The number of carbonyl (C=O) groups is 1. The highest BCUT2D eigenvalue weighted by Crippen LogP contribution is 2.18. The van der Waals surface area contributed by atoms with Crippen molar-refractivity contribution < 1.29 is 9.53 Å². The lowest BCUT2D eigenvalue weighted by molar-refractivity contribution is -0.118. The lowest BCUT2D eigenvalue weighted by Gasteiger charge is -2.07. The molecule has 5 heteroatoms. The average Bonchev–Trinajstić information content (AvgIpc) is 2.77. The second-order valence-corrected chi connectivity index (χ2v) is 4.54. The SMILES string of the molecule is Cc1csc(NC(=O)CC2CCCO2)n1. The van der Waals surface area contributed by atoms with Gasteiger partial charge in [0.15, 0.2) is 5.13 Å².